The van der Waals surface area contributed by atoms with E-state index < -0.39 is 10.0 Å². The molecule has 0 atom stereocenters. The molecule has 2 rings (SSSR count). The summed E-state index contributed by atoms with van der Waals surface area (Å²) in [6.45, 7) is 1.56. The topological polar surface area (TPSA) is 66.5 Å². The van der Waals surface area contributed by atoms with Crippen molar-refractivity contribution >= 4 is 15.9 Å². The molecule has 0 aromatic heterocycles. The fourth-order valence-electron chi connectivity index (χ4n) is 2.74. The predicted octanol–water partition coefficient (Wildman–Crippen LogP) is 1.41. The number of sulfonamides is 1. The standard InChI is InChI=1S/C16H24N2O3S/c1-22(20,21)18-12-9-15(10-13-18)16(19)17-11-5-8-14-6-3-2-4-7-14/h2-4,6-7,15H,5,8-13H2,1H3,(H,17,19). The zero-order valence-electron chi connectivity index (χ0n) is 13.0. The second kappa shape index (κ2) is 7.74. The number of aryl methyl sites for hydroxylation is 1. The Morgan fingerprint density at radius 3 is 2.45 bits per heavy atom. The molecule has 1 heterocycles. The van der Waals surface area contributed by atoms with E-state index >= 15 is 0 Å². The van der Waals surface area contributed by atoms with Gasteiger partial charge >= 0.3 is 0 Å². The van der Waals surface area contributed by atoms with Gasteiger partial charge in [0.25, 0.3) is 0 Å². The lowest BCUT2D eigenvalue weighted by molar-refractivity contribution is -0.126. The molecular weight excluding hydrogens is 300 g/mol. The van der Waals surface area contributed by atoms with Gasteiger partial charge in [-0.25, -0.2) is 12.7 Å². The number of amides is 1. The summed E-state index contributed by atoms with van der Waals surface area (Å²) in [5.41, 5.74) is 1.28. The average Bonchev–Trinajstić information content (AvgIpc) is 2.52. The molecule has 1 amide bonds. The van der Waals surface area contributed by atoms with Gasteiger partial charge < -0.3 is 5.32 Å². The maximum absolute atomic E-state index is 12.1. The molecule has 0 bridgehead atoms. The van der Waals surface area contributed by atoms with Crippen LogP contribution in [0.4, 0.5) is 0 Å². The minimum atomic E-state index is -3.12. The summed E-state index contributed by atoms with van der Waals surface area (Å²) < 4.78 is 24.3. The summed E-state index contributed by atoms with van der Waals surface area (Å²) in [5.74, 6) is -0.00376. The molecule has 0 aliphatic carbocycles. The summed E-state index contributed by atoms with van der Waals surface area (Å²) in [6.07, 6.45) is 4.30. The van der Waals surface area contributed by atoms with Gasteiger partial charge in [-0.3, -0.25) is 4.79 Å². The molecule has 0 spiro atoms. The van der Waals surface area contributed by atoms with Crippen molar-refractivity contribution in [1.29, 1.82) is 0 Å². The minimum absolute atomic E-state index is 0.0567. The molecule has 0 radical (unpaired) electrons. The number of rotatable bonds is 6. The quantitative estimate of drug-likeness (QED) is 0.805. The van der Waals surface area contributed by atoms with Gasteiger partial charge in [-0.15, -0.1) is 0 Å². The first-order valence-corrected chi connectivity index (χ1v) is 9.58. The molecule has 1 aliphatic heterocycles. The Balaban J connectivity index is 1.66. The first-order valence-electron chi connectivity index (χ1n) is 7.73. The molecule has 122 valence electrons. The first-order chi connectivity index (χ1) is 10.5. The van der Waals surface area contributed by atoms with Crippen LogP contribution >= 0.6 is 0 Å². The van der Waals surface area contributed by atoms with Crippen molar-refractivity contribution in [1.82, 2.24) is 9.62 Å². The molecule has 1 aromatic rings. The van der Waals surface area contributed by atoms with E-state index in [1.165, 1.54) is 16.1 Å². The van der Waals surface area contributed by atoms with Crippen molar-refractivity contribution in [3.05, 3.63) is 35.9 Å². The van der Waals surface area contributed by atoms with Crippen LogP contribution in [-0.2, 0) is 21.2 Å². The zero-order chi connectivity index (χ0) is 16.0. The Bertz CT molecular complexity index is 579. The molecule has 1 aromatic carbocycles. The molecule has 0 saturated carbocycles. The summed E-state index contributed by atoms with van der Waals surface area (Å²) in [7, 11) is -3.12. The second-order valence-electron chi connectivity index (χ2n) is 5.82. The molecule has 1 fully saturated rings. The van der Waals surface area contributed by atoms with E-state index in [4.69, 9.17) is 0 Å². The van der Waals surface area contributed by atoms with Crippen molar-refractivity contribution < 1.29 is 13.2 Å². The van der Waals surface area contributed by atoms with Gasteiger partial charge in [-0.2, -0.15) is 0 Å². The highest BCUT2D eigenvalue weighted by molar-refractivity contribution is 7.88. The van der Waals surface area contributed by atoms with Gasteiger partial charge in [-0.1, -0.05) is 30.3 Å². The number of benzene rings is 1. The van der Waals surface area contributed by atoms with Gasteiger partial charge in [0.15, 0.2) is 0 Å². The van der Waals surface area contributed by atoms with Crippen LogP contribution in [0.15, 0.2) is 30.3 Å². The maximum Gasteiger partial charge on any atom is 0.223 e. The van der Waals surface area contributed by atoms with Crippen LogP contribution in [0, 0.1) is 5.92 Å². The smallest absolute Gasteiger partial charge is 0.223 e. The number of hydrogen-bond acceptors (Lipinski definition) is 3. The van der Waals surface area contributed by atoms with Crippen molar-refractivity contribution in [2.24, 2.45) is 5.92 Å². The summed E-state index contributed by atoms with van der Waals surface area (Å²) in [6, 6.07) is 10.2. The molecule has 22 heavy (non-hydrogen) atoms. The van der Waals surface area contributed by atoms with Gasteiger partial charge in [-0.05, 0) is 31.2 Å². The fourth-order valence-corrected chi connectivity index (χ4v) is 3.62. The van der Waals surface area contributed by atoms with Gasteiger partial charge in [0.1, 0.15) is 0 Å². The Hall–Kier alpha value is -1.40. The number of nitrogens with zero attached hydrogens (tertiary/aromatic N) is 1. The lowest BCUT2D eigenvalue weighted by Gasteiger charge is -2.29. The van der Waals surface area contributed by atoms with E-state index in [0.29, 0.717) is 32.5 Å². The highest BCUT2D eigenvalue weighted by atomic mass is 32.2. The summed E-state index contributed by atoms with van der Waals surface area (Å²) >= 11 is 0. The van der Waals surface area contributed by atoms with Crippen LogP contribution < -0.4 is 5.32 Å². The normalized spacial score (nSPS) is 17.3. The number of hydrogen-bond donors (Lipinski definition) is 1. The Kier molecular flexibility index (Phi) is 5.97. The van der Waals surface area contributed by atoms with Crippen LogP contribution in [0.3, 0.4) is 0 Å². The third-order valence-electron chi connectivity index (χ3n) is 4.08. The second-order valence-corrected chi connectivity index (χ2v) is 7.80. The van der Waals surface area contributed by atoms with Crippen molar-refractivity contribution in [2.45, 2.75) is 25.7 Å². The third kappa shape index (κ3) is 5.10. The SMILES string of the molecule is CS(=O)(=O)N1CCC(C(=O)NCCCc2ccccc2)CC1. The molecule has 1 aliphatic rings. The van der Waals surface area contributed by atoms with Crippen LogP contribution in [0.5, 0.6) is 0 Å². The molecule has 6 heteroatoms. The molecule has 0 unspecified atom stereocenters. The number of carbonyl (C=O) groups is 1. The Morgan fingerprint density at radius 2 is 1.86 bits per heavy atom. The van der Waals surface area contributed by atoms with Crippen LogP contribution in [0.1, 0.15) is 24.8 Å². The summed E-state index contributed by atoms with van der Waals surface area (Å²) in [4.78, 5) is 12.1. The van der Waals surface area contributed by atoms with Crippen molar-refractivity contribution in [3.8, 4) is 0 Å². The lowest BCUT2D eigenvalue weighted by atomic mass is 9.97. The van der Waals surface area contributed by atoms with Crippen LogP contribution in [0.25, 0.3) is 0 Å². The van der Waals surface area contributed by atoms with Gasteiger partial charge in [0.2, 0.25) is 15.9 Å². The summed E-state index contributed by atoms with van der Waals surface area (Å²) in [5, 5.41) is 2.97. The van der Waals surface area contributed by atoms with E-state index in [-0.39, 0.29) is 11.8 Å². The van der Waals surface area contributed by atoms with Gasteiger partial charge in [0.05, 0.1) is 6.26 Å². The number of piperidine rings is 1. The van der Waals surface area contributed by atoms with Crippen LogP contribution in [-0.4, -0.2) is 44.5 Å². The zero-order valence-corrected chi connectivity index (χ0v) is 13.8. The fraction of sp³-hybridized carbons (Fsp3) is 0.562. The van der Waals surface area contributed by atoms with E-state index in [1.807, 2.05) is 18.2 Å². The van der Waals surface area contributed by atoms with Crippen molar-refractivity contribution in [3.63, 3.8) is 0 Å². The Labute approximate surface area is 132 Å². The first kappa shape index (κ1) is 17.0. The monoisotopic (exact) mass is 324 g/mol. The highest BCUT2D eigenvalue weighted by Crippen LogP contribution is 2.19. The minimum Gasteiger partial charge on any atom is -0.356 e. The Morgan fingerprint density at radius 1 is 1.23 bits per heavy atom. The predicted molar refractivity (Wildman–Crippen MR) is 86.9 cm³/mol. The molecule has 1 saturated heterocycles. The highest BCUT2D eigenvalue weighted by Gasteiger charge is 2.28. The number of carbonyl (C=O) groups excluding carboxylic acids is 1. The van der Waals surface area contributed by atoms with Crippen LogP contribution in [0.2, 0.25) is 0 Å². The van der Waals surface area contributed by atoms with E-state index in [2.05, 4.69) is 17.4 Å². The molecule has 5 nitrogen and oxygen atoms in total. The van der Waals surface area contributed by atoms with E-state index in [1.54, 1.807) is 0 Å². The number of nitrogens with one attached hydrogen (secondary N) is 1. The van der Waals surface area contributed by atoms with E-state index in [9.17, 15) is 13.2 Å². The van der Waals surface area contributed by atoms with Gasteiger partial charge in [0, 0.05) is 25.6 Å². The van der Waals surface area contributed by atoms with E-state index in [0.717, 1.165) is 12.8 Å². The molecular formula is C16H24N2O3S. The maximum atomic E-state index is 12.1. The van der Waals surface area contributed by atoms with Crippen molar-refractivity contribution in [2.75, 3.05) is 25.9 Å². The lowest BCUT2D eigenvalue weighted by Crippen LogP contribution is -2.42. The largest absolute Gasteiger partial charge is 0.356 e. The third-order valence-corrected chi connectivity index (χ3v) is 5.38. The average molecular weight is 324 g/mol. The molecule has 1 N–H and O–H groups in total.